The number of hydrogen-bond donors (Lipinski definition) is 1. The van der Waals surface area contributed by atoms with Gasteiger partial charge in [-0.15, -0.1) is 0 Å². The van der Waals surface area contributed by atoms with Crippen molar-refractivity contribution < 1.29 is 18.7 Å². The molecule has 1 aromatic carbocycles. The summed E-state index contributed by atoms with van der Waals surface area (Å²) in [6.07, 6.45) is 4.21. The van der Waals surface area contributed by atoms with E-state index in [1.807, 2.05) is 24.3 Å². The van der Waals surface area contributed by atoms with Crippen LogP contribution < -0.4 is 10.1 Å². The van der Waals surface area contributed by atoms with Crippen LogP contribution in [0.15, 0.2) is 34.9 Å². The van der Waals surface area contributed by atoms with Gasteiger partial charge in [-0.1, -0.05) is 12.1 Å². The van der Waals surface area contributed by atoms with Crippen molar-refractivity contribution in [1.82, 2.24) is 5.32 Å². The molecule has 0 spiro atoms. The molecule has 1 saturated carbocycles. The minimum absolute atomic E-state index is 0.145. The molecule has 2 heterocycles. The Balaban J connectivity index is 1.57. The van der Waals surface area contributed by atoms with Crippen molar-refractivity contribution in [1.29, 1.82) is 0 Å². The number of carbonyl (C=O) groups is 1. The van der Waals surface area contributed by atoms with E-state index in [9.17, 15) is 4.79 Å². The van der Waals surface area contributed by atoms with E-state index in [2.05, 4.69) is 5.32 Å². The first kappa shape index (κ1) is 14.3. The maximum Gasteiger partial charge on any atom is 0.287 e. The van der Waals surface area contributed by atoms with Crippen molar-refractivity contribution in [2.45, 2.75) is 31.4 Å². The molecule has 1 aliphatic carbocycles. The maximum atomic E-state index is 12.7. The SMILES string of the molecule is COc1cccc(C2(NC(=O)c3occ4c3CCOC4)CC2)c1. The van der Waals surface area contributed by atoms with E-state index >= 15 is 0 Å². The molecule has 1 fully saturated rings. The topological polar surface area (TPSA) is 60.7 Å². The Morgan fingerprint density at radius 1 is 1.35 bits per heavy atom. The van der Waals surface area contributed by atoms with Crippen LogP contribution in [0.5, 0.6) is 5.75 Å². The summed E-state index contributed by atoms with van der Waals surface area (Å²) in [7, 11) is 1.65. The van der Waals surface area contributed by atoms with E-state index < -0.39 is 0 Å². The highest BCUT2D eigenvalue weighted by molar-refractivity contribution is 5.94. The second kappa shape index (κ2) is 5.42. The summed E-state index contributed by atoms with van der Waals surface area (Å²) in [5.41, 5.74) is 2.74. The van der Waals surface area contributed by atoms with Crippen molar-refractivity contribution in [3.8, 4) is 5.75 Å². The van der Waals surface area contributed by atoms with Crippen LogP contribution in [-0.4, -0.2) is 19.6 Å². The zero-order valence-electron chi connectivity index (χ0n) is 13.1. The summed E-state index contributed by atoms with van der Waals surface area (Å²) in [6.45, 7) is 1.15. The molecule has 1 amide bonds. The van der Waals surface area contributed by atoms with Gasteiger partial charge in [0.25, 0.3) is 5.91 Å². The number of benzene rings is 1. The Morgan fingerprint density at radius 3 is 3.00 bits per heavy atom. The van der Waals surface area contributed by atoms with E-state index in [1.165, 1.54) is 0 Å². The number of methoxy groups -OCH3 is 1. The van der Waals surface area contributed by atoms with Crippen LogP contribution in [0.1, 0.15) is 40.1 Å². The molecule has 2 aromatic rings. The van der Waals surface area contributed by atoms with Gasteiger partial charge >= 0.3 is 0 Å². The lowest BCUT2D eigenvalue weighted by molar-refractivity contribution is 0.0897. The Hall–Kier alpha value is -2.27. The van der Waals surface area contributed by atoms with Gasteiger partial charge in [-0.25, -0.2) is 0 Å². The molecule has 0 saturated heterocycles. The van der Waals surface area contributed by atoms with Gasteiger partial charge in [0.05, 0.1) is 32.1 Å². The van der Waals surface area contributed by atoms with Crippen molar-refractivity contribution in [3.05, 3.63) is 53.0 Å². The fraction of sp³-hybridized carbons (Fsp3) is 0.389. The molecular weight excluding hydrogens is 294 g/mol. The smallest absolute Gasteiger partial charge is 0.287 e. The molecule has 5 heteroatoms. The minimum atomic E-state index is -0.295. The number of amides is 1. The lowest BCUT2D eigenvalue weighted by atomic mass is 10.0. The third kappa shape index (κ3) is 2.51. The quantitative estimate of drug-likeness (QED) is 0.943. The third-order valence-electron chi connectivity index (χ3n) is 4.67. The molecule has 1 N–H and O–H groups in total. The Kier molecular flexibility index (Phi) is 3.38. The summed E-state index contributed by atoms with van der Waals surface area (Å²) < 4.78 is 16.2. The lowest BCUT2D eigenvalue weighted by Gasteiger charge is -2.19. The summed E-state index contributed by atoms with van der Waals surface area (Å²) >= 11 is 0. The van der Waals surface area contributed by atoms with Crippen LogP contribution in [-0.2, 0) is 23.3 Å². The van der Waals surface area contributed by atoms with Gasteiger partial charge in [0.1, 0.15) is 5.75 Å². The van der Waals surface area contributed by atoms with Gasteiger partial charge in [0.2, 0.25) is 0 Å². The first-order valence-corrected chi connectivity index (χ1v) is 7.86. The molecule has 0 bridgehead atoms. The molecule has 1 aromatic heterocycles. The van der Waals surface area contributed by atoms with Crippen molar-refractivity contribution in [2.24, 2.45) is 0 Å². The van der Waals surface area contributed by atoms with Gasteiger partial charge in [-0.2, -0.15) is 0 Å². The average Bonchev–Trinajstić information content (AvgIpc) is 3.24. The second-order valence-electron chi connectivity index (χ2n) is 6.14. The van der Waals surface area contributed by atoms with Crippen LogP contribution in [0.4, 0.5) is 0 Å². The number of fused-ring (bicyclic) bond motifs is 1. The Morgan fingerprint density at radius 2 is 2.22 bits per heavy atom. The zero-order valence-corrected chi connectivity index (χ0v) is 13.1. The molecule has 4 rings (SSSR count). The maximum absolute atomic E-state index is 12.7. The molecule has 0 unspecified atom stereocenters. The van der Waals surface area contributed by atoms with Crippen LogP contribution in [0.3, 0.4) is 0 Å². The van der Waals surface area contributed by atoms with Crippen molar-refractivity contribution in [2.75, 3.05) is 13.7 Å². The first-order valence-electron chi connectivity index (χ1n) is 7.86. The van der Waals surface area contributed by atoms with E-state index in [1.54, 1.807) is 13.4 Å². The summed E-state index contributed by atoms with van der Waals surface area (Å²) in [5, 5.41) is 3.16. The van der Waals surface area contributed by atoms with Gasteiger partial charge in [0, 0.05) is 17.5 Å². The number of ether oxygens (including phenoxy) is 2. The highest BCUT2D eigenvalue weighted by Crippen LogP contribution is 2.46. The minimum Gasteiger partial charge on any atom is -0.497 e. The molecule has 1 aliphatic heterocycles. The largest absolute Gasteiger partial charge is 0.497 e. The van der Waals surface area contributed by atoms with E-state index in [-0.39, 0.29) is 11.4 Å². The van der Waals surface area contributed by atoms with Gasteiger partial charge in [-0.05, 0) is 30.5 Å². The van der Waals surface area contributed by atoms with Crippen molar-refractivity contribution >= 4 is 5.91 Å². The van der Waals surface area contributed by atoms with Crippen molar-refractivity contribution in [3.63, 3.8) is 0 Å². The predicted octanol–water partition coefficient (Wildman–Crippen LogP) is 2.78. The molecule has 2 aliphatic rings. The van der Waals surface area contributed by atoms with Crippen LogP contribution in [0.2, 0.25) is 0 Å². The van der Waals surface area contributed by atoms with Gasteiger partial charge in [-0.3, -0.25) is 4.79 Å². The summed E-state index contributed by atoms with van der Waals surface area (Å²) in [4.78, 5) is 12.7. The Bertz CT molecular complexity index is 745. The standard InChI is InChI=1S/C18H19NO4/c1-21-14-4-2-3-13(9-14)18(6-7-18)19-17(20)16-15-5-8-22-10-12(15)11-23-16/h2-4,9,11H,5-8,10H2,1H3,(H,19,20). The fourth-order valence-electron chi connectivity index (χ4n) is 3.17. The molecule has 0 radical (unpaired) electrons. The number of carbonyl (C=O) groups excluding carboxylic acids is 1. The monoisotopic (exact) mass is 313 g/mol. The zero-order chi connectivity index (χ0) is 15.9. The lowest BCUT2D eigenvalue weighted by Crippen LogP contribution is -2.35. The number of furan rings is 1. The van der Waals surface area contributed by atoms with E-state index in [0.717, 1.165) is 41.7 Å². The van der Waals surface area contributed by atoms with Crippen LogP contribution in [0, 0.1) is 0 Å². The van der Waals surface area contributed by atoms with Gasteiger partial charge in [0.15, 0.2) is 5.76 Å². The van der Waals surface area contributed by atoms with Crippen LogP contribution >= 0.6 is 0 Å². The highest BCUT2D eigenvalue weighted by atomic mass is 16.5. The normalized spacial score (nSPS) is 18.1. The number of hydrogen-bond acceptors (Lipinski definition) is 4. The summed E-state index contributed by atoms with van der Waals surface area (Å²) in [6, 6.07) is 7.87. The fourth-order valence-corrected chi connectivity index (χ4v) is 3.17. The Labute approximate surface area is 134 Å². The number of rotatable bonds is 4. The van der Waals surface area contributed by atoms with Crippen LogP contribution in [0.25, 0.3) is 0 Å². The molecule has 120 valence electrons. The molecule has 23 heavy (non-hydrogen) atoms. The molecule has 0 atom stereocenters. The average molecular weight is 313 g/mol. The molecular formula is C18H19NO4. The van der Waals surface area contributed by atoms with Gasteiger partial charge < -0.3 is 19.2 Å². The summed E-state index contributed by atoms with van der Waals surface area (Å²) in [5.74, 6) is 1.08. The highest BCUT2D eigenvalue weighted by Gasteiger charge is 2.46. The van der Waals surface area contributed by atoms with E-state index in [4.69, 9.17) is 13.9 Å². The van der Waals surface area contributed by atoms with E-state index in [0.29, 0.717) is 19.0 Å². The molecule has 5 nitrogen and oxygen atoms in total. The first-order chi connectivity index (χ1) is 11.2. The third-order valence-corrected chi connectivity index (χ3v) is 4.67. The predicted molar refractivity (Wildman–Crippen MR) is 83.4 cm³/mol. The number of nitrogens with one attached hydrogen (secondary N) is 1. The second-order valence-corrected chi connectivity index (χ2v) is 6.14.